The molecule has 1 aromatic heterocycles. The van der Waals surface area contributed by atoms with Crippen molar-refractivity contribution in [3.8, 4) is 5.75 Å². The summed E-state index contributed by atoms with van der Waals surface area (Å²) < 4.78 is 5.38. The zero-order chi connectivity index (χ0) is 14.5. The van der Waals surface area contributed by atoms with E-state index in [9.17, 15) is 5.11 Å². The third-order valence-corrected chi connectivity index (χ3v) is 4.80. The van der Waals surface area contributed by atoms with Crippen LogP contribution in [0.2, 0.25) is 0 Å². The smallest absolute Gasteiger partial charge is 0.122 e. The van der Waals surface area contributed by atoms with Gasteiger partial charge in [-0.25, -0.2) is 0 Å². The van der Waals surface area contributed by atoms with Gasteiger partial charge in [-0.1, -0.05) is 25.1 Å². The van der Waals surface area contributed by atoms with Crippen LogP contribution >= 0.6 is 11.3 Å². The summed E-state index contributed by atoms with van der Waals surface area (Å²) in [6, 6.07) is 11.8. The summed E-state index contributed by atoms with van der Waals surface area (Å²) in [5.74, 6) is 0.615. The minimum Gasteiger partial charge on any atom is -0.496 e. The molecular formula is C16H21NO2S. The second-order valence-electron chi connectivity index (χ2n) is 4.69. The molecule has 2 aromatic rings. The maximum atomic E-state index is 10.6. The Morgan fingerprint density at radius 1 is 1.25 bits per heavy atom. The van der Waals surface area contributed by atoms with Crippen molar-refractivity contribution in [1.29, 1.82) is 0 Å². The number of nitrogens with two attached hydrogens (primary N) is 1. The van der Waals surface area contributed by atoms with Gasteiger partial charge in [-0.3, -0.25) is 0 Å². The van der Waals surface area contributed by atoms with Gasteiger partial charge in [0.2, 0.25) is 0 Å². The van der Waals surface area contributed by atoms with Crippen LogP contribution in [0.15, 0.2) is 36.4 Å². The molecule has 0 aliphatic heterocycles. The van der Waals surface area contributed by atoms with E-state index in [1.54, 1.807) is 18.4 Å². The molecule has 0 bridgehead atoms. The summed E-state index contributed by atoms with van der Waals surface area (Å²) in [5.41, 5.74) is 6.85. The summed E-state index contributed by atoms with van der Waals surface area (Å²) in [4.78, 5) is 2.23. The van der Waals surface area contributed by atoms with Gasteiger partial charge in [0.05, 0.1) is 13.2 Å². The van der Waals surface area contributed by atoms with E-state index in [4.69, 9.17) is 10.5 Å². The first-order chi connectivity index (χ1) is 9.71. The molecule has 0 spiro atoms. The SMILES string of the molecule is CCc1ccc(C(O)C(CN)c2ccccc2OC)s1. The molecule has 2 rings (SSSR count). The van der Waals surface area contributed by atoms with E-state index in [1.165, 1.54) is 4.88 Å². The quantitative estimate of drug-likeness (QED) is 0.860. The second-order valence-corrected chi connectivity index (χ2v) is 5.89. The highest BCUT2D eigenvalue weighted by molar-refractivity contribution is 7.12. The Morgan fingerprint density at radius 2 is 2.00 bits per heavy atom. The average molecular weight is 291 g/mol. The van der Waals surface area contributed by atoms with Crippen molar-refractivity contribution in [2.24, 2.45) is 5.73 Å². The number of thiophene rings is 1. The Balaban J connectivity index is 2.31. The first-order valence-corrected chi connectivity index (χ1v) is 7.62. The molecule has 0 aliphatic rings. The lowest BCUT2D eigenvalue weighted by molar-refractivity contribution is 0.149. The van der Waals surface area contributed by atoms with Gasteiger partial charge >= 0.3 is 0 Å². The number of aliphatic hydroxyl groups is 1. The van der Waals surface area contributed by atoms with E-state index in [-0.39, 0.29) is 5.92 Å². The number of aryl methyl sites for hydroxylation is 1. The molecule has 2 atom stereocenters. The molecule has 1 heterocycles. The van der Waals surface area contributed by atoms with Crippen molar-refractivity contribution >= 4 is 11.3 Å². The fourth-order valence-corrected chi connectivity index (χ4v) is 3.34. The normalized spacial score (nSPS) is 14.0. The molecular weight excluding hydrogens is 270 g/mol. The molecule has 0 saturated heterocycles. The highest BCUT2D eigenvalue weighted by Gasteiger charge is 2.25. The van der Waals surface area contributed by atoms with E-state index in [0.717, 1.165) is 22.6 Å². The Bertz CT molecular complexity index is 553. The lowest BCUT2D eigenvalue weighted by atomic mass is 9.92. The van der Waals surface area contributed by atoms with E-state index in [0.29, 0.717) is 6.54 Å². The topological polar surface area (TPSA) is 55.5 Å². The van der Waals surface area contributed by atoms with Crippen LogP contribution in [-0.2, 0) is 6.42 Å². The lowest BCUT2D eigenvalue weighted by Crippen LogP contribution is -2.20. The van der Waals surface area contributed by atoms with Gasteiger partial charge in [-0.2, -0.15) is 0 Å². The number of hydrogen-bond acceptors (Lipinski definition) is 4. The Labute approximate surface area is 124 Å². The van der Waals surface area contributed by atoms with Crippen molar-refractivity contribution in [2.45, 2.75) is 25.4 Å². The molecule has 2 unspecified atom stereocenters. The predicted molar refractivity (Wildman–Crippen MR) is 83.4 cm³/mol. The summed E-state index contributed by atoms with van der Waals surface area (Å²) in [6.07, 6.45) is 0.390. The molecule has 3 nitrogen and oxygen atoms in total. The number of rotatable bonds is 6. The minimum absolute atomic E-state index is 0.158. The van der Waals surface area contributed by atoms with Crippen molar-refractivity contribution in [3.05, 3.63) is 51.7 Å². The molecule has 20 heavy (non-hydrogen) atoms. The summed E-state index contributed by atoms with van der Waals surface area (Å²) in [7, 11) is 1.64. The molecule has 1 aromatic carbocycles. The van der Waals surface area contributed by atoms with E-state index < -0.39 is 6.10 Å². The van der Waals surface area contributed by atoms with E-state index in [1.807, 2.05) is 30.3 Å². The molecule has 0 radical (unpaired) electrons. The van der Waals surface area contributed by atoms with E-state index in [2.05, 4.69) is 13.0 Å². The molecule has 3 N–H and O–H groups in total. The summed E-state index contributed by atoms with van der Waals surface area (Å²) in [6.45, 7) is 2.49. The van der Waals surface area contributed by atoms with Crippen LogP contribution in [0.5, 0.6) is 5.75 Å². The fourth-order valence-electron chi connectivity index (χ4n) is 2.34. The number of methoxy groups -OCH3 is 1. The van der Waals surface area contributed by atoms with Gasteiger partial charge in [0.15, 0.2) is 0 Å². The maximum Gasteiger partial charge on any atom is 0.122 e. The number of para-hydroxylation sites is 1. The van der Waals surface area contributed by atoms with Gasteiger partial charge in [0, 0.05) is 27.8 Å². The molecule has 0 fully saturated rings. The molecule has 0 aliphatic carbocycles. The largest absolute Gasteiger partial charge is 0.496 e. The summed E-state index contributed by atoms with van der Waals surface area (Å²) in [5, 5.41) is 10.6. The maximum absolute atomic E-state index is 10.6. The number of benzene rings is 1. The third-order valence-electron chi connectivity index (χ3n) is 3.50. The number of aliphatic hydroxyl groups excluding tert-OH is 1. The first kappa shape index (κ1) is 15.0. The molecule has 108 valence electrons. The van der Waals surface area contributed by atoms with Gasteiger partial charge in [0.25, 0.3) is 0 Å². The van der Waals surface area contributed by atoms with Crippen molar-refractivity contribution in [1.82, 2.24) is 0 Å². The minimum atomic E-state index is -0.596. The van der Waals surface area contributed by atoms with Crippen molar-refractivity contribution in [3.63, 3.8) is 0 Å². The van der Waals surface area contributed by atoms with Crippen LogP contribution in [0.3, 0.4) is 0 Å². The predicted octanol–water partition coefficient (Wildman–Crippen LogP) is 3.10. The first-order valence-electron chi connectivity index (χ1n) is 6.80. The Morgan fingerprint density at radius 3 is 2.60 bits per heavy atom. The van der Waals surface area contributed by atoms with Crippen LogP contribution in [0.25, 0.3) is 0 Å². The molecule has 0 amide bonds. The van der Waals surface area contributed by atoms with Crippen LogP contribution in [0.1, 0.15) is 34.3 Å². The van der Waals surface area contributed by atoms with Crippen LogP contribution < -0.4 is 10.5 Å². The Hall–Kier alpha value is -1.36. The van der Waals surface area contributed by atoms with Crippen molar-refractivity contribution in [2.75, 3.05) is 13.7 Å². The lowest BCUT2D eigenvalue weighted by Gasteiger charge is -2.22. The van der Waals surface area contributed by atoms with Crippen LogP contribution in [0.4, 0.5) is 0 Å². The Kier molecular flexibility index (Phi) is 5.17. The van der Waals surface area contributed by atoms with Gasteiger partial charge in [0.1, 0.15) is 5.75 Å². The van der Waals surface area contributed by atoms with Crippen LogP contribution in [0, 0.1) is 0 Å². The number of ether oxygens (including phenoxy) is 1. The van der Waals surface area contributed by atoms with Gasteiger partial charge in [-0.05, 0) is 24.6 Å². The standard InChI is InChI=1S/C16H21NO2S/c1-3-11-8-9-15(20-11)16(18)13(10-17)12-6-4-5-7-14(12)19-2/h4-9,13,16,18H,3,10,17H2,1-2H3. The number of hydrogen-bond donors (Lipinski definition) is 2. The van der Waals surface area contributed by atoms with Crippen LogP contribution in [-0.4, -0.2) is 18.8 Å². The average Bonchev–Trinajstić information content (AvgIpc) is 2.97. The second kappa shape index (κ2) is 6.88. The zero-order valence-electron chi connectivity index (χ0n) is 11.9. The fraction of sp³-hybridized carbons (Fsp3) is 0.375. The molecule has 0 saturated carbocycles. The van der Waals surface area contributed by atoms with Crippen molar-refractivity contribution < 1.29 is 9.84 Å². The monoisotopic (exact) mass is 291 g/mol. The highest BCUT2D eigenvalue weighted by atomic mass is 32.1. The zero-order valence-corrected chi connectivity index (χ0v) is 12.7. The molecule has 4 heteroatoms. The van der Waals surface area contributed by atoms with E-state index >= 15 is 0 Å². The highest BCUT2D eigenvalue weighted by Crippen LogP contribution is 2.37. The van der Waals surface area contributed by atoms with Gasteiger partial charge < -0.3 is 15.6 Å². The summed E-state index contributed by atoms with van der Waals surface area (Å²) >= 11 is 1.65. The third kappa shape index (κ3) is 3.03. The van der Waals surface area contributed by atoms with Gasteiger partial charge in [-0.15, -0.1) is 11.3 Å².